The third-order valence-corrected chi connectivity index (χ3v) is 1.71. The average molecular weight is 162 g/mol. The van der Waals surface area contributed by atoms with Crippen LogP contribution < -0.4 is 0 Å². The van der Waals surface area contributed by atoms with E-state index in [9.17, 15) is 4.79 Å². The Hall–Kier alpha value is -0.610. The van der Waals surface area contributed by atoms with E-state index in [1.807, 2.05) is 0 Å². The molecule has 0 aromatic rings. The zero-order chi connectivity index (χ0) is 9.02. The van der Waals surface area contributed by atoms with Crippen molar-refractivity contribution in [3.05, 3.63) is 0 Å². The molecule has 0 aromatic carbocycles. The Morgan fingerprint density at radius 1 is 1.45 bits per heavy atom. The van der Waals surface area contributed by atoms with Gasteiger partial charge < -0.3 is 15.3 Å². The van der Waals surface area contributed by atoms with Crippen LogP contribution in [-0.4, -0.2) is 33.5 Å². The van der Waals surface area contributed by atoms with Crippen LogP contribution in [0, 0.1) is 5.92 Å². The van der Waals surface area contributed by atoms with Crippen molar-refractivity contribution in [3.8, 4) is 0 Å². The van der Waals surface area contributed by atoms with E-state index in [4.69, 9.17) is 15.3 Å². The van der Waals surface area contributed by atoms with Gasteiger partial charge in [0.25, 0.3) is 0 Å². The largest absolute Gasteiger partial charge is 0.481 e. The molecule has 3 N–H and O–H groups in total. The van der Waals surface area contributed by atoms with Crippen LogP contribution in [0.1, 0.15) is 20.3 Å². The van der Waals surface area contributed by atoms with Crippen LogP contribution in [0.5, 0.6) is 0 Å². The van der Waals surface area contributed by atoms with Crippen LogP contribution in [0.2, 0.25) is 0 Å². The van der Waals surface area contributed by atoms with Crippen LogP contribution in [0.15, 0.2) is 0 Å². The molecule has 0 aliphatic carbocycles. The number of carbonyl (C=O) groups is 1. The Morgan fingerprint density at radius 2 is 1.91 bits per heavy atom. The van der Waals surface area contributed by atoms with E-state index in [0.29, 0.717) is 6.42 Å². The molecular weight excluding hydrogens is 148 g/mol. The number of aliphatic hydroxyl groups is 2. The Bertz CT molecular complexity index is 134. The molecule has 0 rings (SSSR count). The first-order valence-corrected chi connectivity index (χ1v) is 3.59. The van der Waals surface area contributed by atoms with Crippen LogP contribution in [-0.2, 0) is 4.79 Å². The molecule has 4 nitrogen and oxygen atoms in total. The SMILES string of the molecule is CC[C@@H](O)[C@H](O)[C@H](C)C(=O)O. The zero-order valence-corrected chi connectivity index (χ0v) is 6.69. The van der Waals surface area contributed by atoms with Gasteiger partial charge >= 0.3 is 5.97 Å². The summed E-state index contributed by atoms with van der Waals surface area (Å²) in [6, 6.07) is 0. The molecule has 0 saturated heterocycles. The van der Waals surface area contributed by atoms with E-state index < -0.39 is 24.1 Å². The topological polar surface area (TPSA) is 77.8 Å². The van der Waals surface area contributed by atoms with Crippen molar-refractivity contribution >= 4 is 5.97 Å². The van der Waals surface area contributed by atoms with Gasteiger partial charge in [-0.05, 0) is 13.3 Å². The van der Waals surface area contributed by atoms with Crippen molar-refractivity contribution in [3.63, 3.8) is 0 Å². The summed E-state index contributed by atoms with van der Waals surface area (Å²) in [5.74, 6) is -2.00. The Balaban J connectivity index is 4.00. The van der Waals surface area contributed by atoms with E-state index in [1.54, 1.807) is 6.92 Å². The number of aliphatic carboxylic acids is 1. The molecule has 11 heavy (non-hydrogen) atoms. The highest BCUT2D eigenvalue weighted by molar-refractivity contribution is 5.70. The summed E-state index contributed by atoms with van der Waals surface area (Å²) >= 11 is 0. The molecule has 0 radical (unpaired) electrons. The third-order valence-electron chi connectivity index (χ3n) is 1.71. The van der Waals surface area contributed by atoms with Crippen LogP contribution in [0.25, 0.3) is 0 Å². The van der Waals surface area contributed by atoms with E-state index in [1.165, 1.54) is 6.92 Å². The minimum atomic E-state index is -1.17. The molecule has 0 spiro atoms. The fourth-order valence-corrected chi connectivity index (χ4v) is 0.721. The summed E-state index contributed by atoms with van der Waals surface area (Å²) in [5, 5.41) is 26.6. The lowest BCUT2D eigenvalue weighted by Gasteiger charge is -2.19. The molecule has 4 heteroatoms. The monoisotopic (exact) mass is 162 g/mol. The predicted octanol–water partition coefficient (Wildman–Crippen LogP) is -0.161. The Kier molecular flexibility index (Phi) is 4.07. The number of hydrogen-bond donors (Lipinski definition) is 3. The van der Waals surface area contributed by atoms with Gasteiger partial charge in [0.2, 0.25) is 0 Å². The lowest BCUT2D eigenvalue weighted by molar-refractivity contribution is -0.148. The summed E-state index contributed by atoms with van der Waals surface area (Å²) in [6.07, 6.45) is -1.75. The number of carboxylic acid groups (broad SMARTS) is 1. The minimum Gasteiger partial charge on any atom is -0.481 e. The summed E-state index contributed by atoms with van der Waals surface area (Å²) in [7, 11) is 0. The van der Waals surface area contributed by atoms with Crippen LogP contribution in [0.3, 0.4) is 0 Å². The lowest BCUT2D eigenvalue weighted by atomic mass is 9.99. The normalized spacial score (nSPS) is 18.9. The van der Waals surface area contributed by atoms with Gasteiger partial charge in [-0.1, -0.05) is 6.92 Å². The Labute approximate surface area is 65.5 Å². The molecule has 0 unspecified atom stereocenters. The van der Waals surface area contributed by atoms with Gasteiger partial charge in [-0.3, -0.25) is 4.79 Å². The van der Waals surface area contributed by atoms with Gasteiger partial charge in [0.1, 0.15) is 0 Å². The van der Waals surface area contributed by atoms with Gasteiger partial charge in [-0.2, -0.15) is 0 Å². The van der Waals surface area contributed by atoms with Crippen molar-refractivity contribution in [2.24, 2.45) is 5.92 Å². The maximum atomic E-state index is 10.3. The number of aliphatic hydroxyl groups excluding tert-OH is 2. The first kappa shape index (κ1) is 10.4. The van der Waals surface area contributed by atoms with Crippen molar-refractivity contribution in [2.75, 3.05) is 0 Å². The second kappa shape index (κ2) is 4.31. The molecule has 0 heterocycles. The quantitative estimate of drug-likeness (QED) is 0.536. The number of rotatable bonds is 4. The molecule has 3 atom stereocenters. The smallest absolute Gasteiger partial charge is 0.308 e. The molecule has 0 saturated carbocycles. The molecule has 0 fully saturated rings. The molecule has 0 aliphatic rings. The van der Waals surface area contributed by atoms with Crippen molar-refractivity contribution in [1.29, 1.82) is 0 Å². The molecule has 66 valence electrons. The van der Waals surface area contributed by atoms with Gasteiger partial charge in [-0.25, -0.2) is 0 Å². The van der Waals surface area contributed by atoms with Crippen molar-refractivity contribution in [1.82, 2.24) is 0 Å². The predicted molar refractivity (Wildman–Crippen MR) is 39.1 cm³/mol. The van der Waals surface area contributed by atoms with Gasteiger partial charge in [-0.15, -0.1) is 0 Å². The summed E-state index contributed by atoms with van der Waals surface area (Å²) < 4.78 is 0. The standard InChI is InChI=1S/C7H14O4/c1-3-5(8)6(9)4(2)7(10)11/h4-6,8-9H,3H2,1-2H3,(H,10,11)/t4-,5+,6+/m0/s1. The van der Waals surface area contributed by atoms with Gasteiger partial charge in [0.05, 0.1) is 18.1 Å². The maximum Gasteiger partial charge on any atom is 0.308 e. The van der Waals surface area contributed by atoms with E-state index in [-0.39, 0.29) is 0 Å². The second-order valence-electron chi connectivity index (χ2n) is 2.59. The fraction of sp³-hybridized carbons (Fsp3) is 0.857. The fourth-order valence-electron chi connectivity index (χ4n) is 0.721. The van der Waals surface area contributed by atoms with Gasteiger partial charge in [0, 0.05) is 0 Å². The van der Waals surface area contributed by atoms with Crippen molar-refractivity contribution in [2.45, 2.75) is 32.5 Å². The lowest BCUT2D eigenvalue weighted by Crippen LogP contribution is -2.35. The minimum absolute atomic E-state index is 0.360. The zero-order valence-electron chi connectivity index (χ0n) is 6.69. The highest BCUT2D eigenvalue weighted by Gasteiger charge is 2.26. The number of hydrogen-bond acceptors (Lipinski definition) is 3. The molecular formula is C7H14O4. The molecule has 0 aliphatic heterocycles. The van der Waals surface area contributed by atoms with E-state index in [2.05, 4.69) is 0 Å². The van der Waals surface area contributed by atoms with Crippen LogP contribution in [0.4, 0.5) is 0 Å². The summed E-state index contributed by atoms with van der Waals surface area (Å²) in [5.41, 5.74) is 0. The highest BCUT2D eigenvalue weighted by Crippen LogP contribution is 2.09. The first-order valence-electron chi connectivity index (χ1n) is 3.59. The molecule has 0 amide bonds. The number of carboxylic acids is 1. The third kappa shape index (κ3) is 2.86. The molecule has 0 aromatic heterocycles. The van der Waals surface area contributed by atoms with Crippen LogP contribution >= 0.6 is 0 Å². The van der Waals surface area contributed by atoms with Crippen molar-refractivity contribution < 1.29 is 20.1 Å². The van der Waals surface area contributed by atoms with E-state index in [0.717, 1.165) is 0 Å². The highest BCUT2D eigenvalue weighted by atomic mass is 16.4. The average Bonchev–Trinajstić information content (AvgIpc) is 2.00. The van der Waals surface area contributed by atoms with E-state index >= 15 is 0 Å². The first-order chi connectivity index (χ1) is 5.00. The van der Waals surface area contributed by atoms with Gasteiger partial charge in [0.15, 0.2) is 0 Å². The second-order valence-corrected chi connectivity index (χ2v) is 2.59. The summed E-state index contributed by atoms with van der Waals surface area (Å²) in [4.78, 5) is 10.3. The Morgan fingerprint density at radius 3 is 2.18 bits per heavy atom. The summed E-state index contributed by atoms with van der Waals surface area (Å²) in [6.45, 7) is 3.05. The maximum absolute atomic E-state index is 10.3. The molecule has 0 bridgehead atoms.